The lowest BCUT2D eigenvalue weighted by atomic mass is 10.1. The van der Waals surface area contributed by atoms with Crippen LogP contribution in [0.25, 0.3) is 0 Å². The molecule has 0 bridgehead atoms. The first-order valence-corrected chi connectivity index (χ1v) is 7.84. The van der Waals surface area contributed by atoms with E-state index in [2.05, 4.69) is 0 Å². The third kappa shape index (κ3) is 5.45. The fourth-order valence-corrected chi connectivity index (χ4v) is 2.27. The molecule has 0 aromatic heterocycles. The van der Waals surface area contributed by atoms with Crippen molar-refractivity contribution in [3.63, 3.8) is 0 Å². The molecule has 2 aromatic rings. The molecule has 2 rings (SSSR count). The maximum absolute atomic E-state index is 14.3. The van der Waals surface area contributed by atoms with Crippen molar-refractivity contribution in [1.82, 2.24) is 10.9 Å². The number of hydrazine groups is 1. The fraction of sp³-hybridized carbons (Fsp3) is 0.118. The number of nitrogens with zero attached hydrogens (tertiary/aromatic N) is 1. The minimum Gasteiger partial charge on any atom is -0.310 e. The van der Waals surface area contributed by atoms with E-state index in [-0.39, 0.29) is 17.7 Å². The molecule has 0 fully saturated rings. The first-order chi connectivity index (χ1) is 12.8. The van der Waals surface area contributed by atoms with Crippen molar-refractivity contribution >= 4 is 35.5 Å². The van der Waals surface area contributed by atoms with E-state index in [4.69, 9.17) is 11.6 Å². The normalized spacial score (nSPS) is 10.4. The van der Waals surface area contributed by atoms with Gasteiger partial charge >= 0.3 is 12.3 Å². The quantitative estimate of drug-likeness (QED) is 0.579. The number of hydrogen-bond donors (Lipinski definition) is 2. The minimum absolute atomic E-state index is 0.107. The van der Waals surface area contributed by atoms with Gasteiger partial charge in [-0.15, -0.1) is 0 Å². The summed E-state index contributed by atoms with van der Waals surface area (Å²) in [5.74, 6) is -3.46. The van der Waals surface area contributed by atoms with Gasteiger partial charge in [-0.25, -0.2) is 4.39 Å². The molecule has 27 heavy (non-hydrogen) atoms. The predicted octanol–water partition coefficient (Wildman–Crippen LogP) is 2.67. The van der Waals surface area contributed by atoms with Crippen molar-refractivity contribution in [3.8, 4) is 0 Å². The lowest BCUT2D eigenvalue weighted by Crippen LogP contribution is -2.44. The third-order valence-electron chi connectivity index (χ3n) is 3.42. The van der Waals surface area contributed by atoms with Crippen LogP contribution in [0.3, 0.4) is 0 Å². The molecule has 0 saturated heterocycles. The molecule has 0 aliphatic heterocycles. The first-order valence-electron chi connectivity index (χ1n) is 7.46. The van der Waals surface area contributed by atoms with Gasteiger partial charge in [0.25, 0.3) is 5.91 Å². The van der Waals surface area contributed by atoms with E-state index in [0.717, 1.165) is 6.07 Å². The van der Waals surface area contributed by atoms with E-state index in [1.165, 1.54) is 28.5 Å². The lowest BCUT2D eigenvalue weighted by Gasteiger charge is -2.18. The Kier molecular flexibility index (Phi) is 6.78. The Morgan fingerprint density at radius 2 is 1.89 bits per heavy atom. The highest BCUT2D eigenvalue weighted by Crippen LogP contribution is 2.21. The largest absolute Gasteiger partial charge is 0.317 e. The number of alkyl halides is 2. The van der Waals surface area contributed by atoms with Crippen LogP contribution in [-0.2, 0) is 16.1 Å². The lowest BCUT2D eigenvalue weighted by molar-refractivity contribution is -0.132. The van der Waals surface area contributed by atoms with Gasteiger partial charge < -0.3 is 4.90 Å². The summed E-state index contributed by atoms with van der Waals surface area (Å²) >= 11 is 5.87. The van der Waals surface area contributed by atoms with Gasteiger partial charge in [0, 0.05) is 21.8 Å². The van der Waals surface area contributed by atoms with Crippen LogP contribution in [0.2, 0.25) is 5.02 Å². The minimum atomic E-state index is -3.30. The number of nitrogens with one attached hydrogen (secondary N) is 2. The molecular weight excluding hydrogens is 387 g/mol. The van der Waals surface area contributed by atoms with Crippen LogP contribution in [-0.4, -0.2) is 24.6 Å². The SMILES string of the molecule is O=CN(Cc1ccc(C(=O)NNC(=O)C(F)F)cc1F)c1cccc(Cl)c1. The highest BCUT2D eigenvalue weighted by atomic mass is 35.5. The van der Waals surface area contributed by atoms with Crippen LogP contribution < -0.4 is 15.8 Å². The Labute approximate surface area is 156 Å². The van der Waals surface area contributed by atoms with Crippen molar-refractivity contribution in [2.24, 2.45) is 0 Å². The zero-order valence-electron chi connectivity index (χ0n) is 13.6. The highest BCUT2D eigenvalue weighted by molar-refractivity contribution is 6.30. The van der Waals surface area contributed by atoms with Gasteiger partial charge in [-0.2, -0.15) is 8.78 Å². The Bertz CT molecular complexity index is 864. The smallest absolute Gasteiger partial charge is 0.310 e. The summed E-state index contributed by atoms with van der Waals surface area (Å²) in [5, 5.41) is 0.401. The molecule has 0 atom stereocenters. The van der Waals surface area contributed by atoms with Gasteiger partial charge in [0.2, 0.25) is 6.41 Å². The monoisotopic (exact) mass is 399 g/mol. The summed E-state index contributed by atoms with van der Waals surface area (Å²) < 4.78 is 38.4. The Balaban J connectivity index is 2.10. The average Bonchev–Trinajstić information content (AvgIpc) is 2.64. The van der Waals surface area contributed by atoms with Gasteiger partial charge in [-0.05, 0) is 30.3 Å². The summed E-state index contributed by atoms with van der Waals surface area (Å²) in [6, 6.07) is 9.75. The van der Waals surface area contributed by atoms with Gasteiger partial charge in [-0.3, -0.25) is 25.2 Å². The van der Waals surface area contributed by atoms with E-state index in [0.29, 0.717) is 17.1 Å². The number of anilines is 1. The molecule has 0 unspecified atom stereocenters. The number of amides is 3. The van der Waals surface area contributed by atoms with E-state index >= 15 is 0 Å². The first kappa shape index (κ1) is 20.2. The molecule has 2 N–H and O–H groups in total. The molecular formula is C17H13ClF3N3O3. The molecule has 3 amide bonds. The molecule has 2 aromatic carbocycles. The van der Waals surface area contributed by atoms with E-state index in [1.54, 1.807) is 23.6 Å². The topological polar surface area (TPSA) is 78.5 Å². The molecule has 0 aliphatic carbocycles. The van der Waals surface area contributed by atoms with Crippen molar-refractivity contribution in [2.75, 3.05) is 4.90 Å². The van der Waals surface area contributed by atoms with Gasteiger partial charge in [0.1, 0.15) is 5.82 Å². The fourth-order valence-electron chi connectivity index (χ4n) is 2.09. The van der Waals surface area contributed by atoms with Crippen molar-refractivity contribution in [2.45, 2.75) is 13.0 Å². The van der Waals surface area contributed by atoms with E-state index in [9.17, 15) is 27.6 Å². The van der Waals surface area contributed by atoms with Crippen LogP contribution in [0.15, 0.2) is 42.5 Å². The van der Waals surface area contributed by atoms with Crippen LogP contribution in [0.4, 0.5) is 18.9 Å². The number of halogens is 4. The standard InChI is InChI=1S/C17H13ClF3N3O3/c18-12-2-1-3-13(7-12)24(9-25)8-11-5-4-10(6-14(11)19)16(26)22-23-17(27)15(20)21/h1-7,9,15H,8H2,(H,22,26)(H,23,27). The zero-order chi connectivity index (χ0) is 20.0. The Hall–Kier alpha value is -3.07. The van der Waals surface area contributed by atoms with Crippen molar-refractivity contribution < 1.29 is 27.6 Å². The molecule has 142 valence electrons. The summed E-state index contributed by atoms with van der Waals surface area (Å²) in [6.07, 6.45) is -2.80. The van der Waals surface area contributed by atoms with Crippen molar-refractivity contribution in [3.05, 3.63) is 64.4 Å². The molecule has 6 nitrogen and oxygen atoms in total. The van der Waals surface area contributed by atoms with Crippen LogP contribution >= 0.6 is 11.6 Å². The number of benzene rings is 2. The molecule has 0 radical (unpaired) electrons. The number of carbonyl (C=O) groups is 3. The van der Waals surface area contributed by atoms with Gasteiger partial charge in [0.15, 0.2) is 0 Å². The van der Waals surface area contributed by atoms with Crippen molar-refractivity contribution in [1.29, 1.82) is 0 Å². The van der Waals surface area contributed by atoms with Crippen LogP contribution in [0, 0.1) is 5.82 Å². The maximum Gasteiger partial charge on any atom is 0.317 e. The Morgan fingerprint density at radius 3 is 2.48 bits per heavy atom. The predicted molar refractivity (Wildman–Crippen MR) is 91.7 cm³/mol. The highest BCUT2D eigenvalue weighted by Gasteiger charge is 2.17. The van der Waals surface area contributed by atoms with Gasteiger partial charge in [0.05, 0.1) is 6.54 Å². The molecule has 0 spiro atoms. The zero-order valence-corrected chi connectivity index (χ0v) is 14.3. The van der Waals surface area contributed by atoms with E-state index in [1.807, 2.05) is 0 Å². The summed E-state index contributed by atoms with van der Waals surface area (Å²) in [6.45, 7) is -0.125. The van der Waals surface area contributed by atoms with E-state index < -0.39 is 24.1 Å². The summed E-state index contributed by atoms with van der Waals surface area (Å²) in [5.41, 5.74) is 3.61. The molecule has 0 aliphatic rings. The Morgan fingerprint density at radius 1 is 1.15 bits per heavy atom. The second-order valence-corrected chi connectivity index (χ2v) is 5.70. The van der Waals surface area contributed by atoms with Crippen LogP contribution in [0.1, 0.15) is 15.9 Å². The summed E-state index contributed by atoms with van der Waals surface area (Å²) in [4.78, 5) is 35.0. The number of hydrogen-bond acceptors (Lipinski definition) is 3. The molecule has 10 heteroatoms. The maximum atomic E-state index is 14.3. The average molecular weight is 400 g/mol. The number of rotatable bonds is 6. The second kappa shape index (κ2) is 9.04. The second-order valence-electron chi connectivity index (χ2n) is 5.26. The molecule has 0 heterocycles. The molecule has 0 saturated carbocycles. The van der Waals surface area contributed by atoms with Crippen LogP contribution in [0.5, 0.6) is 0 Å². The third-order valence-corrected chi connectivity index (χ3v) is 3.66. The van der Waals surface area contributed by atoms with Gasteiger partial charge in [-0.1, -0.05) is 23.7 Å². The summed E-state index contributed by atoms with van der Waals surface area (Å²) in [7, 11) is 0. The number of carbonyl (C=O) groups excluding carboxylic acids is 3.